The lowest BCUT2D eigenvalue weighted by atomic mass is 10.2. The Kier molecular flexibility index (Phi) is 5.76. The number of halogens is 4. The highest BCUT2D eigenvalue weighted by molar-refractivity contribution is 6.38. The lowest BCUT2D eigenvalue weighted by Crippen LogP contribution is -1.92. The van der Waals surface area contributed by atoms with Crippen molar-refractivity contribution in [2.24, 2.45) is 0 Å². The summed E-state index contributed by atoms with van der Waals surface area (Å²) < 4.78 is 11.0. The fourth-order valence-electron chi connectivity index (χ4n) is 2.23. The first-order valence-electron chi connectivity index (χ1n) is 7.43. The molecule has 146 valence electrons. The predicted octanol–water partition coefficient (Wildman–Crippen LogP) is 6.71. The molecule has 0 saturated heterocycles. The minimum atomic E-state index is -0.516. The standard InChI is InChI=1S/C18H10Cl4O6/c19-10-1-7(23)2-11(20)17(10)27-14-5-9(25)6-15(16(14)26)28-18-12(21)3-8(24)4-13(18)22/h1-6,23-26H. The van der Waals surface area contributed by atoms with E-state index in [-0.39, 0.29) is 60.3 Å². The number of aromatic hydroxyl groups is 4. The Morgan fingerprint density at radius 3 is 1.11 bits per heavy atom. The number of benzene rings is 3. The molecule has 0 aliphatic carbocycles. The molecule has 0 aliphatic heterocycles. The molecule has 0 saturated carbocycles. The molecule has 0 bridgehead atoms. The Morgan fingerprint density at radius 2 is 0.786 bits per heavy atom. The van der Waals surface area contributed by atoms with Gasteiger partial charge in [0.05, 0.1) is 20.1 Å². The van der Waals surface area contributed by atoms with Crippen molar-refractivity contribution in [2.75, 3.05) is 0 Å². The molecule has 0 atom stereocenters. The van der Waals surface area contributed by atoms with Gasteiger partial charge in [0.15, 0.2) is 23.0 Å². The monoisotopic (exact) mass is 462 g/mol. The summed E-state index contributed by atoms with van der Waals surface area (Å²) in [6.45, 7) is 0. The summed E-state index contributed by atoms with van der Waals surface area (Å²) in [5.74, 6) is -1.79. The molecule has 3 aromatic carbocycles. The first-order valence-corrected chi connectivity index (χ1v) is 8.94. The fraction of sp³-hybridized carbons (Fsp3) is 0. The molecule has 0 spiro atoms. The Hall–Kier alpha value is -2.38. The highest BCUT2D eigenvalue weighted by Gasteiger charge is 2.20. The van der Waals surface area contributed by atoms with Gasteiger partial charge in [-0.15, -0.1) is 0 Å². The Bertz CT molecular complexity index is 943. The zero-order valence-corrected chi connectivity index (χ0v) is 16.6. The van der Waals surface area contributed by atoms with Gasteiger partial charge in [-0.3, -0.25) is 0 Å². The molecular weight excluding hydrogens is 454 g/mol. The molecule has 4 N–H and O–H groups in total. The number of phenols is 4. The van der Waals surface area contributed by atoms with Crippen LogP contribution in [0.5, 0.6) is 46.0 Å². The van der Waals surface area contributed by atoms with Crippen LogP contribution in [0.25, 0.3) is 0 Å². The van der Waals surface area contributed by atoms with Gasteiger partial charge >= 0.3 is 0 Å². The van der Waals surface area contributed by atoms with Crippen LogP contribution in [0.4, 0.5) is 0 Å². The highest BCUT2D eigenvalue weighted by atomic mass is 35.5. The Balaban J connectivity index is 2.02. The first kappa shape index (κ1) is 20.4. The second-order valence-electron chi connectivity index (χ2n) is 5.47. The summed E-state index contributed by atoms with van der Waals surface area (Å²) in [5, 5.41) is 39.3. The van der Waals surface area contributed by atoms with Gasteiger partial charge in [0.25, 0.3) is 0 Å². The van der Waals surface area contributed by atoms with Gasteiger partial charge in [-0.25, -0.2) is 0 Å². The van der Waals surface area contributed by atoms with Gasteiger partial charge in [0.2, 0.25) is 5.75 Å². The van der Waals surface area contributed by atoms with Gasteiger partial charge in [-0.1, -0.05) is 46.4 Å². The van der Waals surface area contributed by atoms with Crippen molar-refractivity contribution >= 4 is 46.4 Å². The minimum Gasteiger partial charge on any atom is -0.508 e. The normalized spacial score (nSPS) is 10.7. The molecule has 0 aromatic heterocycles. The van der Waals surface area contributed by atoms with Gasteiger partial charge in [0, 0.05) is 36.4 Å². The van der Waals surface area contributed by atoms with Crippen LogP contribution in [-0.2, 0) is 0 Å². The average Bonchev–Trinajstić information content (AvgIpc) is 2.57. The summed E-state index contributed by atoms with van der Waals surface area (Å²) in [5.41, 5.74) is 0. The number of phenolic OH excluding ortho intramolecular Hbond substituents is 4. The lowest BCUT2D eigenvalue weighted by Gasteiger charge is -2.15. The predicted molar refractivity (Wildman–Crippen MR) is 106 cm³/mol. The molecule has 3 rings (SSSR count). The largest absolute Gasteiger partial charge is 0.508 e. The van der Waals surface area contributed by atoms with Crippen LogP contribution in [0, 0.1) is 0 Å². The maximum atomic E-state index is 10.5. The zero-order chi connectivity index (χ0) is 20.6. The van der Waals surface area contributed by atoms with E-state index in [0.29, 0.717) is 0 Å². The molecule has 0 aliphatic rings. The third kappa shape index (κ3) is 4.20. The quantitative estimate of drug-likeness (QED) is 0.321. The van der Waals surface area contributed by atoms with Crippen molar-refractivity contribution in [1.29, 1.82) is 0 Å². The van der Waals surface area contributed by atoms with Crippen molar-refractivity contribution in [1.82, 2.24) is 0 Å². The third-order valence-electron chi connectivity index (χ3n) is 3.41. The fourth-order valence-corrected chi connectivity index (χ4v) is 3.34. The Labute approximate surface area is 178 Å². The number of hydrogen-bond acceptors (Lipinski definition) is 6. The second-order valence-corrected chi connectivity index (χ2v) is 7.10. The number of rotatable bonds is 4. The molecule has 6 nitrogen and oxygen atoms in total. The van der Waals surface area contributed by atoms with Crippen molar-refractivity contribution in [3.63, 3.8) is 0 Å². The summed E-state index contributed by atoms with van der Waals surface area (Å²) in [7, 11) is 0. The third-order valence-corrected chi connectivity index (χ3v) is 4.54. The molecule has 0 unspecified atom stereocenters. The van der Waals surface area contributed by atoms with E-state index in [2.05, 4.69) is 0 Å². The van der Waals surface area contributed by atoms with E-state index < -0.39 is 5.75 Å². The van der Waals surface area contributed by atoms with Crippen LogP contribution in [-0.4, -0.2) is 20.4 Å². The summed E-state index contributed by atoms with van der Waals surface area (Å²) >= 11 is 24.0. The van der Waals surface area contributed by atoms with Crippen LogP contribution in [0.1, 0.15) is 0 Å². The first-order chi connectivity index (χ1) is 13.2. The molecule has 0 amide bonds. The maximum Gasteiger partial charge on any atom is 0.202 e. The van der Waals surface area contributed by atoms with Gasteiger partial charge in [0.1, 0.15) is 17.2 Å². The van der Waals surface area contributed by atoms with Gasteiger partial charge in [-0.05, 0) is 0 Å². The van der Waals surface area contributed by atoms with Crippen molar-refractivity contribution in [3.8, 4) is 46.0 Å². The van der Waals surface area contributed by atoms with E-state index >= 15 is 0 Å². The molecule has 28 heavy (non-hydrogen) atoms. The molecule has 0 fully saturated rings. The molecule has 10 heteroatoms. The van der Waals surface area contributed by atoms with E-state index in [1.165, 1.54) is 24.3 Å². The lowest BCUT2D eigenvalue weighted by molar-refractivity contribution is 0.370. The van der Waals surface area contributed by atoms with Crippen LogP contribution in [0.2, 0.25) is 20.1 Å². The molecular formula is C18H10Cl4O6. The minimum absolute atomic E-state index is 0.0279. The molecule has 3 aromatic rings. The van der Waals surface area contributed by atoms with Gasteiger partial charge in [-0.2, -0.15) is 0 Å². The van der Waals surface area contributed by atoms with Gasteiger partial charge < -0.3 is 29.9 Å². The topological polar surface area (TPSA) is 99.4 Å². The van der Waals surface area contributed by atoms with E-state index in [0.717, 1.165) is 12.1 Å². The highest BCUT2D eigenvalue weighted by Crippen LogP contribution is 2.48. The van der Waals surface area contributed by atoms with E-state index in [9.17, 15) is 20.4 Å². The number of ether oxygens (including phenoxy) is 2. The van der Waals surface area contributed by atoms with E-state index in [4.69, 9.17) is 55.9 Å². The second kappa shape index (κ2) is 7.93. The van der Waals surface area contributed by atoms with Crippen LogP contribution in [0.3, 0.4) is 0 Å². The van der Waals surface area contributed by atoms with Crippen molar-refractivity contribution < 1.29 is 29.9 Å². The molecule has 0 radical (unpaired) electrons. The van der Waals surface area contributed by atoms with E-state index in [1.54, 1.807) is 0 Å². The van der Waals surface area contributed by atoms with Crippen molar-refractivity contribution in [3.05, 3.63) is 56.5 Å². The number of hydrogen-bond donors (Lipinski definition) is 4. The summed E-state index contributed by atoms with van der Waals surface area (Å²) in [6.07, 6.45) is 0. The summed E-state index contributed by atoms with van der Waals surface area (Å²) in [4.78, 5) is 0. The maximum absolute atomic E-state index is 10.5. The SMILES string of the molecule is Oc1cc(Cl)c(Oc2cc(O)cc(Oc3c(Cl)cc(O)cc3Cl)c2O)c(Cl)c1. The average molecular weight is 464 g/mol. The molecule has 0 heterocycles. The van der Waals surface area contributed by atoms with Crippen LogP contribution >= 0.6 is 46.4 Å². The van der Waals surface area contributed by atoms with E-state index in [1.807, 2.05) is 0 Å². The van der Waals surface area contributed by atoms with Crippen molar-refractivity contribution in [2.45, 2.75) is 0 Å². The Morgan fingerprint density at radius 1 is 0.500 bits per heavy atom. The smallest absolute Gasteiger partial charge is 0.202 e. The summed E-state index contributed by atoms with van der Waals surface area (Å²) in [6, 6.07) is 6.96. The van der Waals surface area contributed by atoms with Crippen LogP contribution < -0.4 is 9.47 Å². The zero-order valence-electron chi connectivity index (χ0n) is 13.6. The van der Waals surface area contributed by atoms with Crippen LogP contribution in [0.15, 0.2) is 36.4 Å².